The highest BCUT2D eigenvalue weighted by molar-refractivity contribution is 5.92. The minimum atomic E-state index is -0.625. The van der Waals surface area contributed by atoms with Crippen molar-refractivity contribution in [3.8, 4) is 0 Å². The third-order valence-electron chi connectivity index (χ3n) is 2.97. The van der Waals surface area contributed by atoms with Crippen LogP contribution in [0.5, 0.6) is 0 Å². The van der Waals surface area contributed by atoms with E-state index in [2.05, 4.69) is 10.3 Å². The lowest BCUT2D eigenvalue weighted by Crippen LogP contribution is -2.15. The summed E-state index contributed by atoms with van der Waals surface area (Å²) in [6, 6.07) is 4.05. The number of halogens is 2. The quantitative estimate of drug-likeness (QED) is 0.877. The molecule has 1 heterocycles. The fourth-order valence-corrected chi connectivity index (χ4v) is 1.97. The van der Waals surface area contributed by atoms with Crippen LogP contribution in [0.1, 0.15) is 33.4 Å². The van der Waals surface area contributed by atoms with E-state index in [4.69, 9.17) is 0 Å². The summed E-state index contributed by atoms with van der Waals surface area (Å²) < 4.78 is 27.3. The van der Waals surface area contributed by atoms with Crippen molar-refractivity contribution in [2.45, 2.75) is 33.1 Å². The molecule has 0 saturated heterocycles. The van der Waals surface area contributed by atoms with E-state index in [1.54, 1.807) is 0 Å². The van der Waals surface area contributed by atoms with E-state index in [0.29, 0.717) is 11.9 Å². The van der Waals surface area contributed by atoms with Crippen molar-refractivity contribution in [3.63, 3.8) is 0 Å². The molecule has 1 aromatic carbocycles. The molecule has 0 bridgehead atoms. The highest BCUT2D eigenvalue weighted by Gasteiger charge is 2.19. The Hall–Kier alpha value is -1.71. The molecule has 0 amide bonds. The largest absolute Gasteiger partial charge is 0.385 e. The van der Waals surface area contributed by atoms with Gasteiger partial charge in [0.05, 0.1) is 0 Å². The molecule has 0 aliphatic heterocycles. The van der Waals surface area contributed by atoms with Gasteiger partial charge in [-0.3, -0.25) is 0 Å². The number of nitrogens with zero attached hydrogens (tertiary/aromatic N) is 1. The normalized spacial score (nSPS) is 11.9. The van der Waals surface area contributed by atoms with Crippen LogP contribution in [0.25, 0.3) is 10.9 Å². The molecule has 0 atom stereocenters. The van der Waals surface area contributed by atoms with Gasteiger partial charge in [-0.25, -0.2) is 13.8 Å². The molecular weight excluding hydrogens is 246 g/mol. The van der Waals surface area contributed by atoms with Gasteiger partial charge < -0.3 is 5.32 Å². The van der Waals surface area contributed by atoms with Crippen molar-refractivity contribution >= 4 is 16.6 Å². The van der Waals surface area contributed by atoms with Crippen LogP contribution in [0.15, 0.2) is 18.2 Å². The van der Waals surface area contributed by atoms with E-state index >= 15 is 0 Å². The van der Waals surface area contributed by atoms with Crippen LogP contribution >= 0.6 is 0 Å². The van der Waals surface area contributed by atoms with Crippen LogP contribution in [-0.2, 0) is 5.41 Å². The number of fused-ring (bicyclic) bond motifs is 1. The Morgan fingerprint density at radius 3 is 2.42 bits per heavy atom. The zero-order chi connectivity index (χ0) is 14.2. The number of hydrogen-bond acceptors (Lipinski definition) is 2. The Bertz CT molecular complexity index is 616. The van der Waals surface area contributed by atoms with Crippen LogP contribution in [0.2, 0.25) is 0 Å². The molecule has 0 fully saturated rings. The van der Waals surface area contributed by atoms with E-state index in [-0.39, 0.29) is 10.9 Å². The van der Waals surface area contributed by atoms with Gasteiger partial charge in [0.1, 0.15) is 11.3 Å². The molecule has 0 aliphatic rings. The first-order chi connectivity index (χ1) is 8.82. The summed E-state index contributed by atoms with van der Waals surface area (Å²) in [6.45, 7) is 8.66. The number of rotatable bonds is 2. The van der Waals surface area contributed by atoms with E-state index in [9.17, 15) is 8.78 Å². The Balaban J connectivity index is 2.79. The van der Waals surface area contributed by atoms with Crippen molar-refractivity contribution in [2.75, 3.05) is 11.9 Å². The monoisotopic (exact) mass is 264 g/mol. The van der Waals surface area contributed by atoms with Crippen molar-refractivity contribution in [1.82, 2.24) is 4.98 Å². The molecule has 4 heteroatoms. The molecular formula is C15H18F2N2. The second-order valence-electron chi connectivity index (χ2n) is 5.62. The summed E-state index contributed by atoms with van der Waals surface area (Å²) in [5, 5.41) is 3.62. The second-order valence-corrected chi connectivity index (χ2v) is 5.62. The van der Waals surface area contributed by atoms with Crippen molar-refractivity contribution in [3.05, 3.63) is 35.5 Å². The Labute approximate surface area is 111 Å². The lowest BCUT2D eigenvalue weighted by molar-refractivity contribution is 0.566. The molecule has 0 unspecified atom stereocenters. The van der Waals surface area contributed by atoms with Gasteiger partial charge in [-0.05, 0) is 19.1 Å². The van der Waals surface area contributed by atoms with Gasteiger partial charge in [0.15, 0.2) is 5.82 Å². The molecule has 1 aromatic heterocycles. The molecule has 1 N–H and O–H groups in total. The average molecular weight is 264 g/mol. The summed E-state index contributed by atoms with van der Waals surface area (Å²) >= 11 is 0. The Morgan fingerprint density at radius 1 is 1.16 bits per heavy atom. The van der Waals surface area contributed by atoms with Crippen LogP contribution in [-0.4, -0.2) is 11.5 Å². The molecule has 0 radical (unpaired) electrons. The average Bonchev–Trinajstić information content (AvgIpc) is 2.28. The molecule has 19 heavy (non-hydrogen) atoms. The van der Waals surface area contributed by atoms with Gasteiger partial charge in [-0.1, -0.05) is 20.8 Å². The molecule has 0 aliphatic carbocycles. The SMILES string of the molecule is CCNc1cc(C(C)(C)C)nc2c(F)cc(F)cc12. The van der Waals surface area contributed by atoms with Gasteiger partial charge in [0, 0.05) is 34.8 Å². The maximum absolute atomic E-state index is 13.9. The number of pyridine rings is 1. The third kappa shape index (κ3) is 2.67. The molecule has 0 spiro atoms. The zero-order valence-electron chi connectivity index (χ0n) is 11.6. The predicted molar refractivity (Wildman–Crippen MR) is 74.5 cm³/mol. The highest BCUT2D eigenvalue weighted by Crippen LogP contribution is 2.31. The first-order valence-electron chi connectivity index (χ1n) is 6.37. The molecule has 2 rings (SSSR count). The van der Waals surface area contributed by atoms with E-state index < -0.39 is 11.6 Å². The van der Waals surface area contributed by atoms with Gasteiger partial charge >= 0.3 is 0 Å². The lowest BCUT2D eigenvalue weighted by Gasteiger charge is -2.20. The molecule has 2 nitrogen and oxygen atoms in total. The van der Waals surface area contributed by atoms with Gasteiger partial charge in [-0.2, -0.15) is 0 Å². The maximum Gasteiger partial charge on any atom is 0.152 e. The minimum Gasteiger partial charge on any atom is -0.385 e. The molecule has 102 valence electrons. The van der Waals surface area contributed by atoms with Gasteiger partial charge in [0.2, 0.25) is 0 Å². The van der Waals surface area contributed by atoms with Crippen molar-refractivity contribution in [1.29, 1.82) is 0 Å². The summed E-state index contributed by atoms with van der Waals surface area (Å²) in [5.74, 6) is -1.21. The topological polar surface area (TPSA) is 24.9 Å². The van der Waals surface area contributed by atoms with Crippen molar-refractivity contribution in [2.24, 2.45) is 0 Å². The zero-order valence-corrected chi connectivity index (χ0v) is 11.6. The van der Waals surface area contributed by atoms with E-state index in [0.717, 1.165) is 17.4 Å². The third-order valence-corrected chi connectivity index (χ3v) is 2.97. The van der Waals surface area contributed by atoms with Gasteiger partial charge in [0.25, 0.3) is 0 Å². The molecule has 2 aromatic rings. The standard InChI is InChI=1S/C15H18F2N2/c1-5-18-12-8-13(15(2,3)4)19-14-10(12)6-9(16)7-11(14)17/h6-8H,5H2,1-4H3,(H,18,19). The predicted octanol–water partition coefficient (Wildman–Crippen LogP) is 4.24. The van der Waals surface area contributed by atoms with E-state index in [1.165, 1.54) is 6.07 Å². The number of hydrogen-bond donors (Lipinski definition) is 1. The number of nitrogens with one attached hydrogen (secondary N) is 1. The lowest BCUT2D eigenvalue weighted by atomic mass is 9.90. The Kier molecular flexibility index (Phi) is 3.43. The van der Waals surface area contributed by atoms with Crippen molar-refractivity contribution < 1.29 is 8.78 Å². The number of benzene rings is 1. The van der Waals surface area contributed by atoms with Crippen LogP contribution in [0.4, 0.5) is 14.5 Å². The first kappa shape index (κ1) is 13.7. The fraction of sp³-hybridized carbons (Fsp3) is 0.400. The Morgan fingerprint density at radius 2 is 1.84 bits per heavy atom. The van der Waals surface area contributed by atoms with E-state index in [1.807, 2.05) is 33.8 Å². The summed E-state index contributed by atoms with van der Waals surface area (Å²) in [4.78, 5) is 4.35. The summed E-state index contributed by atoms with van der Waals surface area (Å²) in [7, 11) is 0. The smallest absolute Gasteiger partial charge is 0.152 e. The highest BCUT2D eigenvalue weighted by atomic mass is 19.1. The fourth-order valence-electron chi connectivity index (χ4n) is 1.97. The maximum atomic E-state index is 13.9. The van der Waals surface area contributed by atoms with Crippen LogP contribution in [0, 0.1) is 11.6 Å². The van der Waals surface area contributed by atoms with Crippen LogP contribution < -0.4 is 5.32 Å². The summed E-state index contributed by atoms with van der Waals surface area (Å²) in [5.41, 5.74) is 1.51. The summed E-state index contributed by atoms with van der Waals surface area (Å²) in [6.07, 6.45) is 0. The second kappa shape index (κ2) is 4.76. The van der Waals surface area contributed by atoms with Gasteiger partial charge in [-0.15, -0.1) is 0 Å². The first-order valence-corrected chi connectivity index (χ1v) is 6.37. The minimum absolute atomic E-state index is 0.195. The number of aromatic nitrogens is 1. The van der Waals surface area contributed by atoms with Crippen LogP contribution in [0.3, 0.4) is 0 Å². The number of anilines is 1. The molecule has 0 saturated carbocycles.